The number of fused-ring (bicyclic) bond motifs is 2. The van der Waals surface area contributed by atoms with E-state index < -0.39 is 34.1 Å². The van der Waals surface area contributed by atoms with E-state index in [0.717, 1.165) is 57.3 Å². The van der Waals surface area contributed by atoms with Gasteiger partial charge in [0.25, 0.3) is 0 Å². The van der Waals surface area contributed by atoms with E-state index in [9.17, 15) is 13.2 Å². The average Bonchev–Trinajstić information content (AvgIpc) is 3.59. The molecule has 0 saturated heterocycles. The van der Waals surface area contributed by atoms with Crippen molar-refractivity contribution in [2.75, 3.05) is 0 Å². The first-order chi connectivity index (χ1) is 25.3. The Morgan fingerprint density at radius 2 is 0.964 bits per heavy atom. The van der Waals surface area contributed by atoms with E-state index in [1.807, 2.05) is 0 Å². The number of aryl methyl sites for hydroxylation is 4. The first-order valence-corrected chi connectivity index (χ1v) is 35.8. The Kier molecular flexibility index (Phi) is 11.5. The van der Waals surface area contributed by atoms with Gasteiger partial charge in [0.2, 0.25) is 0 Å². The predicted molar refractivity (Wildman–Crippen MR) is 232 cm³/mol. The number of hydrogen-bond acceptors (Lipinski definition) is 0. The summed E-state index contributed by atoms with van der Waals surface area (Å²) in [5.41, 5.74) is 15.9. The molecule has 0 spiro atoms. The summed E-state index contributed by atoms with van der Waals surface area (Å²) >= 11 is -5.68. The molecule has 0 N–H and O–H groups in total. The number of rotatable bonds is 9. The van der Waals surface area contributed by atoms with E-state index >= 15 is 0 Å². The van der Waals surface area contributed by atoms with E-state index in [4.69, 9.17) is 17.0 Å². The molecule has 4 aromatic rings. The standard InChI is InChI=1S/2C22H25.C4H8F3Si.2ClH.Zr/c2*1-15-9-16(2)11-19(10-15)20-8-6-7-18-12-17(13-21(18)20)14-22(3,4)5;1-8-3-2-4(5,6)7;;;/h2*6-13H,14H2,1-5H3;8H,2-3H2,1H3;2*1H;/q;;;;;+2/p-2. The summed E-state index contributed by atoms with van der Waals surface area (Å²) in [5, 5.41) is 0. The predicted octanol–water partition coefficient (Wildman–Crippen LogP) is 16.0. The summed E-state index contributed by atoms with van der Waals surface area (Å²) in [6.07, 6.45) is 1.04. The zero-order valence-electron chi connectivity index (χ0n) is 34.5. The van der Waals surface area contributed by atoms with Gasteiger partial charge in [-0.05, 0) is 0 Å². The molecular weight excluding hydrogens is 824 g/mol. The number of hydrogen-bond donors (Lipinski definition) is 0. The van der Waals surface area contributed by atoms with Gasteiger partial charge in [-0.2, -0.15) is 0 Å². The molecule has 4 aromatic carbocycles. The Balaban J connectivity index is 1.69. The van der Waals surface area contributed by atoms with Crippen LogP contribution in [0.15, 0.2) is 83.9 Å². The number of allylic oxidation sites excluding steroid dienone is 2. The third kappa shape index (κ3) is 8.67. The zero-order valence-corrected chi connectivity index (χ0v) is 39.7. The van der Waals surface area contributed by atoms with Gasteiger partial charge in [0, 0.05) is 0 Å². The average molecular weight is 882 g/mol. The van der Waals surface area contributed by atoms with Crippen molar-refractivity contribution in [1.82, 2.24) is 0 Å². The van der Waals surface area contributed by atoms with Crippen molar-refractivity contribution < 1.29 is 28.7 Å². The molecule has 293 valence electrons. The number of halogens is 5. The third-order valence-corrected chi connectivity index (χ3v) is 61.9. The summed E-state index contributed by atoms with van der Waals surface area (Å²) in [4.78, 5) is 0. The van der Waals surface area contributed by atoms with Crippen molar-refractivity contribution >= 4 is 35.1 Å². The van der Waals surface area contributed by atoms with Crippen molar-refractivity contribution in [3.63, 3.8) is 0 Å². The van der Waals surface area contributed by atoms with Crippen LogP contribution >= 0.6 is 17.0 Å². The van der Waals surface area contributed by atoms with E-state index in [0.29, 0.717) is 0 Å². The van der Waals surface area contributed by atoms with E-state index in [2.05, 4.69) is 161 Å². The molecule has 3 unspecified atom stereocenters. The van der Waals surface area contributed by atoms with E-state index in [1.165, 1.54) is 33.4 Å². The van der Waals surface area contributed by atoms with Crippen LogP contribution in [0.5, 0.6) is 0 Å². The third-order valence-electron chi connectivity index (χ3n) is 11.7. The van der Waals surface area contributed by atoms with E-state index in [1.54, 1.807) is 0 Å². The van der Waals surface area contributed by atoms with Gasteiger partial charge in [-0.1, -0.05) is 0 Å². The van der Waals surface area contributed by atoms with Gasteiger partial charge in [0.1, 0.15) is 0 Å². The fraction of sp³-hybridized carbons (Fsp3) is 0.417. The molecular formula is C48H58Cl2F3SiZr. The number of alkyl halides is 3. The van der Waals surface area contributed by atoms with E-state index in [-0.39, 0.29) is 24.1 Å². The maximum atomic E-state index is 14.3. The fourth-order valence-corrected chi connectivity index (χ4v) is 49.9. The molecule has 0 fully saturated rings. The topological polar surface area (TPSA) is 0 Å². The zero-order chi connectivity index (χ0) is 40.5. The van der Waals surface area contributed by atoms with Crippen molar-refractivity contribution in [1.29, 1.82) is 0 Å². The second-order valence-corrected chi connectivity index (χ2v) is 60.8. The van der Waals surface area contributed by atoms with Crippen LogP contribution in [-0.4, -0.2) is 12.1 Å². The summed E-state index contributed by atoms with van der Waals surface area (Å²) in [7, 11) is 17.7. The molecule has 0 radical (unpaired) electrons. The van der Waals surface area contributed by atoms with Gasteiger partial charge in [-0.25, -0.2) is 0 Å². The SMILES string of the molecule is Cc1cc(C)cc(-c2cccc3c2C=C(CC(C)(C)C)[CH]3[Zr]([Cl])([Cl])([CH]2C(CC(C)(C)C)=Cc3c(-c4cc(C)cc(C)c4)cccc32)[SiH](C)CCC(F)(F)F)c1. The van der Waals surface area contributed by atoms with Crippen LogP contribution in [0.2, 0.25) is 12.6 Å². The molecule has 0 nitrogen and oxygen atoms in total. The number of benzene rings is 4. The van der Waals surface area contributed by atoms with Gasteiger partial charge < -0.3 is 0 Å². The van der Waals surface area contributed by atoms with Gasteiger partial charge >= 0.3 is 340 Å². The molecule has 0 aliphatic heterocycles. The monoisotopic (exact) mass is 879 g/mol. The Bertz CT molecular complexity index is 2020. The fourth-order valence-electron chi connectivity index (χ4n) is 9.92. The molecule has 0 bridgehead atoms. The van der Waals surface area contributed by atoms with Gasteiger partial charge in [-0.3, -0.25) is 0 Å². The maximum absolute atomic E-state index is 14.3. The summed E-state index contributed by atoms with van der Waals surface area (Å²) < 4.78 is 42.3. The normalized spacial score (nSPS) is 18.7. The van der Waals surface area contributed by atoms with Gasteiger partial charge in [0.15, 0.2) is 0 Å². The van der Waals surface area contributed by atoms with Crippen LogP contribution in [0.4, 0.5) is 13.2 Å². The van der Waals surface area contributed by atoms with Gasteiger partial charge in [0.05, 0.1) is 0 Å². The molecule has 0 amide bonds. The van der Waals surface area contributed by atoms with Crippen LogP contribution in [-0.2, 0) is 15.6 Å². The molecule has 0 aromatic heterocycles. The molecule has 7 heteroatoms. The van der Waals surface area contributed by atoms with Crippen molar-refractivity contribution in [3.05, 3.63) is 128 Å². The van der Waals surface area contributed by atoms with Crippen LogP contribution in [0.3, 0.4) is 0 Å². The summed E-state index contributed by atoms with van der Waals surface area (Å²) in [6, 6.07) is 26.3. The molecule has 2 aliphatic rings. The molecule has 2 aliphatic carbocycles. The van der Waals surface area contributed by atoms with Crippen LogP contribution in [0, 0.1) is 38.5 Å². The van der Waals surface area contributed by atoms with Crippen LogP contribution < -0.4 is 0 Å². The Hall–Kier alpha value is -2.17. The molecule has 55 heavy (non-hydrogen) atoms. The van der Waals surface area contributed by atoms with Crippen molar-refractivity contribution in [2.24, 2.45) is 10.8 Å². The summed E-state index contributed by atoms with van der Waals surface area (Å²) in [6.45, 7) is 24.0. The Morgan fingerprint density at radius 3 is 1.29 bits per heavy atom. The minimum absolute atomic E-state index is 0.0263. The van der Waals surface area contributed by atoms with Crippen molar-refractivity contribution in [2.45, 2.75) is 115 Å². The quantitative estimate of drug-likeness (QED) is 0.147. The molecule has 0 saturated carbocycles. The minimum atomic E-state index is -5.68. The second kappa shape index (κ2) is 14.9. The summed E-state index contributed by atoms with van der Waals surface area (Å²) in [5.74, 6) is -2.56. The van der Waals surface area contributed by atoms with Crippen molar-refractivity contribution in [3.8, 4) is 22.3 Å². The Labute approximate surface area is 337 Å². The van der Waals surface area contributed by atoms with Gasteiger partial charge in [-0.15, -0.1) is 0 Å². The first kappa shape index (κ1) is 42.4. The molecule has 0 heterocycles. The molecule has 3 atom stereocenters. The van der Waals surface area contributed by atoms with Crippen LogP contribution in [0.1, 0.15) is 113 Å². The second-order valence-electron chi connectivity index (χ2n) is 19.4. The molecule has 6 rings (SSSR count). The first-order valence-electron chi connectivity index (χ1n) is 19.8. The Morgan fingerprint density at radius 1 is 0.600 bits per heavy atom. The van der Waals surface area contributed by atoms with Crippen LogP contribution in [0.25, 0.3) is 34.4 Å².